The summed E-state index contributed by atoms with van der Waals surface area (Å²) in [5.41, 5.74) is 2.38. The first-order valence-electron chi connectivity index (χ1n) is 10.3. The molecule has 1 saturated carbocycles. The first kappa shape index (κ1) is 17.0. The molecule has 2 saturated heterocycles. The highest BCUT2D eigenvalue weighted by Gasteiger charge is 2.60. The Morgan fingerprint density at radius 1 is 1.22 bits per heavy atom. The lowest BCUT2D eigenvalue weighted by Crippen LogP contribution is -2.73. The number of hydrogen-bond acceptors (Lipinski definition) is 3. The van der Waals surface area contributed by atoms with Crippen LogP contribution < -0.4 is 5.32 Å². The van der Waals surface area contributed by atoms with Gasteiger partial charge in [-0.2, -0.15) is 0 Å². The van der Waals surface area contributed by atoms with E-state index in [1.165, 1.54) is 19.3 Å². The number of nitrogens with zero attached hydrogens (tertiary/aromatic N) is 2. The Kier molecular flexibility index (Phi) is 4.27. The zero-order chi connectivity index (χ0) is 18.3. The number of hydrogen-bond donors (Lipinski definition) is 1. The van der Waals surface area contributed by atoms with E-state index in [1.807, 2.05) is 23.1 Å². The van der Waals surface area contributed by atoms with Crippen LogP contribution in [0.15, 0.2) is 36.4 Å². The SMILES string of the molecule is O=C(NCCc1ccc2ccccc2n1)N1CC2(CCC2)C1C1CCCO1. The Balaban J connectivity index is 1.19. The number of fused-ring (bicyclic) bond motifs is 1. The van der Waals surface area contributed by atoms with Crippen LogP contribution in [-0.2, 0) is 11.2 Å². The van der Waals surface area contributed by atoms with Gasteiger partial charge in [0.1, 0.15) is 0 Å². The molecule has 2 amide bonds. The normalized spacial score (nSPS) is 26.0. The number of amides is 2. The van der Waals surface area contributed by atoms with Gasteiger partial charge >= 0.3 is 6.03 Å². The molecule has 5 heteroatoms. The molecule has 5 nitrogen and oxygen atoms in total. The molecule has 5 rings (SSSR count). The van der Waals surface area contributed by atoms with E-state index < -0.39 is 0 Å². The zero-order valence-corrected chi connectivity index (χ0v) is 15.7. The fourth-order valence-corrected chi connectivity index (χ4v) is 5.13. The average Bonchev–Trinajstić information content (AvgIpc) is 3.13. The van der Waals surface area contributed by atoms with Crippen molar-refractivity contribution in [2.24, 2.45) is 5.41 Å². The molecule has 27 heavy (non-hydrogen) atoms. The van der Waals surface area contributed by atoms with Crippen LogP contribution in [0.3, 0.4) is 0 Å². The molecule has 1 aliphatic carbocycles. The van der Waals surface area contributed by atoms with Crippen molar-refractivity contribution in [1.82, 2.24) is 15.2 Å². The van der Waals surface area contributed by atoms with Crippen LogP contribution in [0.5, 0.6) is 0 Å². The molecule has 2 atom stereocenters. The monoisotopic (exact) mass is 365 g/mol. The number of urea groups is 1. The third-order valence-corrected chi connectivity index (χ3v) is 6.69. The van der Waals surface area contributed by atoms with Crippen LogP contribution >= 0.6 is 0 Å². The van der Waals surface area contributed by atoms with E-state index in [4.69, 9.17) is 4.74 Å². The third-order valence-electron chi connectivity index (χ3n) is 6.69. The summed E-state index contributed by atoms with van der Waals surface area (Å²) in [6.45, 7) is 2.36. The van der Waals surface area contributed by atoms with Gasteiger partial charge in [0.05, 0.1) is 17.7 Å². The quantitative estimate of drug-likeness (QED) is 0.902. The summed E-state index contributed by atoms with van der Waals surface area (Å²) in [5.74, 6) is 0. The molecule has 2 aromatic rings. The standard InChI is InChI=1S/C22H27N3O2/c26-21(23-13-10-17-9-8-16-5-1-2-6-18(16)24-17)25-15-22(11-4-12-22)20(25)19-7-3-14-27-19/h1-2,5-6,8-9,19-20H,3-4,7,10-15H2,(H,23,26). The smallest absolute Gasteiger partial charge is 0.317 e. The van der Waals surface area contributed by atoms with Crippen molar-refractivity contribution in [3.05, 3.63) is 42.1 Å². The minimum Gasteiger partial charge on any atom is -0.376 e. The fraction of sp³-hybridized carbons (Fsp3) is 0.545. The van der Waals surface area contributed by atoms with Gasteiger partial charge in [0.15, 0.2) is 0 Å². The van der Waals surface area contributed by atoms with Crippen molar-refractivity contribution >= 4 is 16.9 Å². The predicted molar refractivity (Wildman–Crippen MR) is 105 cm³/mol. The van der Waals surface area contributed by atoms with Gasteiger partial charge in [-0.1, -0.05) is 30.7 Å². The van der Waals surface area contributed by atoms with Crippen molar-refractivity contribution in [1.29, 1.82) is 0 Å². The number of nitrogens with one attached hydrogen (secondary N) is 1. The molecule has 3 heterocycles. The molecular weight excluding hydrogens is 338 g/mol. The molecule has 3 aliphatic rings. The molecule has 2 aliphatic heterocycles. The molecule has 1 aromatic heterocycles. The second-order valence-electron chi connectivity index (χ2n) is 8.32. The number of carbonyl (C=O) groups is 1. The number of likely N-dealkylation sites (tertiary alicyclic amines) is 1. The highest BCUT2D eigenvalue weighted by Crippen LogP contribution is 2.55. The summed E-state index contributed by atoms with van der Waals surface area (Å²) in [6.07, 6.45) is 7.02. The van der Waals surface area contributed by atoms with Gasteiger partial charge in [0.2, 0.25) is 0 Å². The van der Waals surface area contributed by atoms with E-state index in [-0.39, 0.29) is 18.2 Å². The van der Waals surface area contributed by atoms with E-state index in [9.17, 15) is 4.79 Å². The van der Waals surface area contributed by atoms with Gasteiger partial charge in [-0.05, 0) is 37.8 Å². The summed E-state index contributed by atoms with van der Waals surface area (Å²) in [6, 6.07) is 12.6. The molecule has 3 fully saturated rings. The largest absolute Gasteiger partial charge is 0.376 e. The Labute approximate surface area is 160 Å². The van der Waals surface area contributed by atoms with Crippen LogP contribution in [0.2, 0.25) is 0 Å². The van der Waals surface area contributed by atoms with Crippen molar-refractivity contribution in [2.75, 3.05) is 19.7 Å². The third kappa shape index (κ3) is 2.98. The molecule has 142 valence electrons. The van der Waals surface area contributed by atoms with Gasteiger partial charge in [0, 0.05) is 42.6 Å². The topological polar surface area (TPSA) is 54.5 Å². The first-order chi connectivity index (χ1) is 13.3. The van der Waals surface area contributed by atoms with E-state index in [0.717, 1.165) is 49.0 Å². The van der Waals surface area contributed by atoms with Crippen LogP contribution in [0, 0.1) is 5.41 Å². The average molecular weight is 365 g/mol. The van der Waals surface area contributed by atoms with Crippen LogP contribution in [0.4, 0.5) is 4.79 Å². The van der Waals surface area contributed by atoms with E-state index in [2.05, 4.69) is 28.5 Å². The second kappa shape index (κ2) is 6.79. The Morgan fingerprint density at radius 3 is 2.89 bits per heavy atom. The number of carbonyl (C=O) groups excluding carboxylic acids is 1. The van der Waals surface area contributed by atoms with Crippen molar-refractivity contribution in [3.8, 4) is 0 Å². The van der Waals surface area contributed by atoms with Crippen LogP contribution in [0.1, 0.15) is 37.8 Å². The number of rotatable bonds is 4. The molecule has 1 N–H and O–H groups in total. The minimum atomic E-state index is 0.0637. The summed E-state index contributed by atoms with van der Waals surface area (Å²) >= 11 is 0. The van der Waals surface area contributed by atoms with E-state index in [0.29, 0.717) is 12.0 Å². The number of ether oxygens (including phenoxy) is 1. The Morgan fingerprint density at radius 2 is 2.11 bits per heavy atom. The lowest BCUT2D eigenvalue weighted by Gasteiger charge is -2.63. The van der Waals surface area contributed by atoms with Crippen molar-refractivity contribution in [2.45, 2.75) is 50.7 Å². The molecule has 2 unspecified atom stereocenters. The predicted octanol–water partition coefficient (Wildman–Crippen LogP) is 3.52. The fourth-order valence-electron chi connectivity index (χ4n) is 5.13. The first-order valence-corrected chi connectivity index (χ1v) is 10.3. The number of benzene rings is 1. The summed E-state index contributed by atoms with van der Waals surface area (Å²) < 4.78 is 5.95. The summed E-state index contributed by atoms with van der Waals surface area (Å²) in [4.78, 5) is 19.5. The molecule has 1 spiro atoms. The molecule has 1 aromatic carbocycles. The maximum Gasteiger partial charge on any atom is 0.317 e. The highest BCUT2D eigenvalue weighted by molar-refractivity contribution is 5.78. The molecular formula is C22H27N3O2. The maximum absolute atomic E-state index is 12.8. The Bertz CT molecular complexity index is 842. The van der Waals surface area contributed by atoms with E-state index >= 15 is 0 Å². The van der Waals surface area contributed by atoms with E-state index in [1.54, 1.807) is 0 Å². The maximum atomic E-state index is 12.8. The van der Waals surface area contributed by atoms with Crippen LogP contribution in [-0.4, -0.2) is 47.8 Å². The number of pyridine rings is 1. The lowest BCUT2D eigenvalue weighted by molar-refractivity contribution is -0.147. The van der Waals surface area contributed by atoms with Gasteiger partial charge in [-0.25, -0.2) is 4.79 Å². The summed E-state index contributed by atoms with van der Waals surface area (Å²) in [5, 5.41) is 4.26. The number of aromatic nitrogens is 1. The van der Waals surface area contributed by atoms with Gasteiger partial charge in [-0.3, -0.25) is 4.98 Å². The minimum absolute atomic E-state index is 0.0637. The van der Waals surface area contributed by atoms with Crippen molar-refractivity contribution < 1.29 is 9.53 Å². The molecule has 0 bridgehead atoms. The van der Waals surface area contributed by atoms with Crippen LogP contribution in [0.25, 0.3) is 10.9 Å². The Hall–Kier alpha value is -2.14. The number of para-hydroxylation sites is 1. The lowest BCUT2D eigenvalue weighted by atomic mass is 9.56. The zero-order valence-electron chi connectivity index (χ0n) is 15.7. The summed E-state index contributed by atoms with van der Waals surface area (Å²) in [7, 11) is 0. The van der Waals surface area contributed by atoms with Crippen molar-refractivity contribution in [3.63, 3.8) is 0 Å². The van der Waals surface area contributed by atoms with Gasteiger partial charge < -0.3 is 15.0 Å². The second-order valence-corrected chi connectivity index (χ2v) is 8.32. The van der Waals surface area contributed by atoms with Gasteiger partial charge in [0.25, 0.3) is 0 Å². The van der Waals surface area contributed by atoms with Gasteiger partial charge in [-0.15, -0.1) is 0 Å². The highest BCUT2D eigenvalue weighted by atomic mass is 16.5. The molecule has 0 radical (unpaired) electrons.